The molecule has 0 unspecified atom stereocenters. The van der Waals surface area contributed by atoms with Crippen molar-refractivity contribution in [2.45, 2.75) is 47.0 Å². The molecule has 13 heavy (non-hydrogen) atoms. The molecule has 0 aromatic carbocycles. The summed E-state index contributed by atoms with van der Waals surface area (Å²) in [6, 6.07) is 0. The monoisotopic (exact) mass is 299 g/mol. The van der Waals surface area contributed by atoms with Gasteiger partial charge in [-0.05, 0) is 26.2 Å². The van der Waals surface area contributed by atoms with E-state index in [1.807, 2.05) is 0 Å². The van der Waals surface area contributed by atoms with E-state index in [4.69, 9.17) is 0 Å². The van der Waals surface area contributed by atoms with E-state index in [0.717, 1.165) is 0 Å². The molecule has 0 spiro atoms. The highest BCUT2D eigenvalue weighted by Gasteiger charge is 2.21. The molecular formula is C11H26IN. The molecule has 0 atom stereocenters. The lowest BCUT2D eigenvalue weighted by molar-refractivity contribution is -0.926. The first-order valence-corrected chi connectivity index (χ1v) is 5.59. The smallest absolute Gasteiger partial charge is 0.0783 e. The maximum atomic E-state index is 2.33. The molecule has 0 amide bonds. The van der Waals surface area contributed by atoms with Gasteiger partial charge in [-0.25, -0.2) is 0 Å². The van der Waals surface area contributed by atoms with Gasteiger partial charge in [0.25, 0.3) is 0 Å². The number of hydrogen-bond acceptors (Lipinski definition) is 0. The second-order valence-electron chi connectivity index (χ2n) is 3.83. The molecular weight excluding hydrogens is 273 g/mol. The molecule has 0 bridgehead atoms. The third-order valence-electron chi connectivity index (χ3n) is 2.76. The Morgan fingerprint density at radius 1 is 0.692 bits per heavy atom. The third-order valence-corrected chi connectivity index (χ3v) is 2.76. The Balaban J connectivity index is 0. The zero-order valence-corrected chi connectivity index (χ0v) is 11.9. The van der Waals surface area contributed by atoms with Crippen LogP contribution in [0.1, 0.15) is 47.0 Å². The van der Waals surface area contributed by atoms with Crippen molar-refractivity contribution in [1.82, 2.24) is 0 Å². The molecule has 0 saturated heterocycles. The Labute approximate surface area is 102 Å². The number of quaternary nitrogens is 1. The first-order valence-electron chi connectivity index (χ1n) is 5.59. The Morgan fingerprint density at radius 2 is 1.00 bits per heavy atom. The summed E-state index contributed by atoms with van der Waals surface area (Å²) in [7, 11) is 0. The number of hydrogen-bond donors (Lipinski definition) is 0. The van der Waals surface area contributed by atoms with E-state index in [2.05, 4.69) is 27.7 Å². The molecule has 0 aliphatic rings. The van der Waals surface area contributed by atoms with E-state index in [1.165, 1.54) is 49.9 Å². The Morgan fingerprint density at radius 3 is 1.15 bits per heavy atom. The van der Waals surface area contributed by atoms with Gasteiger partial charge in [-0.3, -0.25) is 0 Å². The van der Waals surface area contributed by atoms with Gasteiger partial charge in [-0.1, -0.05) is 20.8 Å². The van der Waals surface area contributed by atoms with Gasteiger partial charge in [0.05, 0.1) is 26.2 Å². The van der Waals surface area contributed by atoms with Crippen LogP contribution in [0.4, 0.5) is 0 Å². The Bertz CT molecular complexity index is 87.2. The Hall–Kier alpha value is 0.690. The van der Waals surface area contributed by atoms with Crippen molar-refractivity contribution in [3.8, 4) is 0 Å². The molecule has 0 aromatic rings. The first kappa shape index (κ1) is 16.1. The van der Waals surface area contributed by atoms with Gasteiger partial charge in [0.1, 0.15) is 0 Å². The van der Waals surface area contributed by atoms with Crippen molar-refractivity contribution in [1.29, 1.82) is 0 Å². The average Bonchev–Trinajstić information content (AvgIpc) is 2.06. The second-order valence-corrected chi connectivity index (χ2v) is 3.83. The van der Waals surface area contributed by atoms with Gasteiger partial charge >= 0.3 is 0 Å². The van der Waals surface area contributed by atoms with Gasteiger partial charge in [-0.2, -0.15) is 0 Å². The molecule has 0 aliphatic carbocycles. The van der Waals surface area contributed by atoms with E-state index in [1.54, 1.807) is 0 Å². The summed E-state index contributed by atoms with van der Waals surface area (Å²) in [4.78, 5) is 0. The normalized spacial score (nSPS) is 11.1. The van der Waals surface area contributed by atoms with Crippen LogP contribution in [-0.4, -0.2) is 30.7 Å². The first-order chi connectivity index (χ1) is 5.74. The van der Waals surface area contributed by atoms with Crippen molar-refractivity contribution < 1.29 is 28.5 Å². The summed E-state index contributed by atoms with van der Waals surface area (Å²) < 4.78 is 1.35. The number of halogens is 1. The summed E-state index contributed by atoms with van der Waals surface area (Å²) in [5, 5.41) is 0. The summed E-state index contributed by atoms with van der Waals surface area (Å²) in [5.74, 6) is 0. The molecule has 0 saturated carbocycles. The molecule has 0 fully saturated rings. The predicted molar refractivity (Wildman–Crippen MR) is 56.3 cm³/mol. The molecule has 0 rings (SSSR count). The van der Waals surface area contributed by atoms with Crippen LogP contribution in [0.2, 0.25) is 0 Å². The highest BCUT2D eigenvalue weighted by atomic mass is 127. The minimum absolute atomic E-state index is 0. The van der Waals surface area contributed by atoms with E-state index < -0.39 is 0 Å². The zero-order chi connectivity index (χ0) is 9.45. The SMILES string of the molecule is CCC[N+](CC)(CCC)CCC.[I-]. The summed E-state index contributed by atoms with van der Waals surface area (Å²) in [6.07, 6.45) is 3.98. The lowest BCUT2D eigenvalue weighted by Crippen LogP contribution is -3.00. The van der Waals surface area contributed by atoms with Gasteiger partial charge in [0.15, 0.2) is 0 Å². The molecule has 0 aromatic heterocycles. The summed E-state index contributed by atoms with van der Waals surface area (Å²) in [6.45, 7) is 14.7. The van der Waals surface area contributed by atoms with Crippen LogP contribution in [-0.2, 0) is 0 Å². The standard InChI is InChI=1S/C11H26N.HI/c1-5-9-12(8-4,10-6-2)11-7-3;/h5-11H2,1-4H3;1H/q+1;/p-1. The molecule has 0 aliphatic heterocycles. The molecule has 82 valence electrons. The predicted octanol–water partition coefficient (Wildman–Crippen LogP) is 0.0571. The van der Waals surface area contributed by atoms with Crippen LogP contribution in [0.3, 0.4) is 0 Å². The third kappa shape index (κ3) is 5.89. The molecule has 0 heterocycles. The highest BCUT2D eigenvalue weighted by Crippen LogP contribution is 2.10. The second kappa shape index (κ2) is 9.25. The fourth-order valence-electron chi connectivity index (χ4n) is 2.23. The Kier molecular flexibility index (Phi) is 11.5. The van der Waals surface area contributed by atoms with E-state index in [0.29, 0.717) is 0 Å². The van der Waals surface area contributed by atoms with Crippen molar-refractivity contribution in [2.24, 2.45) is 0 Å². The molecule has 1 nitrogen and oxygen atoms in total. The van der Waals surface area contributed by atoms with E-state index in [9.17, 15) is 0 Å². The zero-order valence-electron chi connectivity index (χ0n) is 9.77. The van der Waals surface area contributed by atoms with Crippen LogP contribution in [0.25, 0.3) is 0 Å². The van der Waals surface area contributed by atoms with E-state index in [-0.39, 0.29) is 24.0 Å². The lowest BCUT2D eigenvalue weighted by Gasteiger charge is -2.37. The maximum absolute atomic E-state index is 2.33. The summed E-state index contributed by atoms with van der Waals surface area (Å²) in [5.41, 5.74) is 0. The fourth-order valence-corrected chi connectivity index (χ4v) is 2.23. The van der Waals surface area contributed by atoms with Crippen molar-refractivity contribution in [3.05, 3.63) is 0 Å². The summed E-state index contributed by atoms with van der Waals surface area (Å²) >= 11 is 0. The molecule has 2 heteroatoms. The van der Waals surface area contributed by atoms with Crippen LogP contribution < -0.4 is 24.0 Å². The van der Waals surface area contributed by atoms with Gasteiger partial charge in [0, 0.05) is 0 Å². The minimum Gasteiger partial charge on any atom is -1.00 e. The maximum Gasteiger partial charge on any atom is 0.0783 e. The molecule has 0 radical (unpaired) electrons. The lowest BCUT2D eigenvalue weighted by atomic mass is 10.2. The topological polar surface area (TPSA) is 0 Å². The van der Waals surface area contributed by atoms with Crippen LogP contribution in [0, 0.1) is 0 Å². The van der Waals surface area contributed by atoms with Crippen molar-refractivity contribution in [2.75, 3.05) is 26.2 Å². The van der Waals surface area contributed by atoms with Gasteiger partial charge in [0.2, 0.25) is 0 Å². The highest BCUT2D eigenvalue weighted by molar-refractivity contribution is 4.41. The quantitative estimate of drug-likeness (QED) is 0.461. The van der Waals surface area contributed by atoms with E-state index >= 15 is 0 Å². The van der Waals surface area contributed by atoms with Crippen molar-refractivity contribution in [3.63, 3.8) is 0 Å². The molecule has 0 N–H and O–H groups in total. The van der Waals surface area contributed by atoms with Crippen LogP contribution in [0.5, 0.6) is 0 Å². The number of rotatable bonds is 7. The largest absolute Gasteiger partial charge is 1.00 e. The van der Waals surface area contributed by atoms with Crippen LogP contribution >= 0.6 is 0 Å². The minimum atomic E-state index is 0. The fraction of sp³-hybridized carbons (Fsp3) is 1.00. The van der Waals surface area contributed by atoms with Gasteiger partial charge in [-0.15, -0.1) is 0 Å². The van der Waals surface area contributed by atoms with Crippen molar-refractivity contribution >= 4 is 0 Å². The van der Waals surface area contributed by atoms with Crippen LogP contribution in [0.15, 0.2) is 0 Å². The average molecular weight is 299 g/mol. The van der Waals surface area contributed by atoms with Gasteiger partial charge < -0.3 is 28.5 Å². The number of nitrogens with zero attached hydrogens (tertiary/aromatic N) is 1.